The van der Waals surface area contributed by atoms with Crippen molar-refractivity contribution in [1.82, 2.24) is 20.5 Å². The standard InChI is InChI=1S/C21H26N4O2S2/c1-13(2)9-16-5-7-17(8-6-16)14(3)22-19(26)12-29-21-25-24-20(27-21)10-18-11-28-15(4)23-18/h5-8,11,13-14H,9-10,12H2,1-4H3,(H,22,26). The largest absolute Gasteiger partial charge is 0.416 e. The lowest BCUT2D eigenvalue weighted by Crippen LogP contribution is -2.28. The minimum atomic E-state index is -0.0661. The molecule has 154 valence electrons. The van der Waals surface area contributed by atoms with E-state index in [1.807, 2.05) is 19.2 Å². The van der Waals surface area contributed by atoms with Crippen LogP contribution in [0.15, 0.2) is 39.3 Å². The molecule has 1 atom stereocenters. The molecule has 1 N–H and O–H groups in total. The van der Waals surface area contributed by atoms with Gasteiger partial charge in [-0.25, -0.2) is 4.98 Å². The third kappa shape index (κ3) is 6.68. The Morgan fingerprint density at radius 1 is 1.21 bits per heavy atom. The number of benzene rings is 1. The van der Waals surface area contributed by atoms with Crippen molar-refractivity contribution in [1.29, 1.82) is 0 Å². The molecule has 2 heterocycles. The first-order chi connectivity index (χ1) is 13.9. The van der Waals surface area contributed by atoms with Gasteiger partial charge in [-0.3, -0.25) is 4.79 Å². The van der Waals surface area contributed by atoms with E-state index in [2.05, 4.69) is 58.6 Å². The monoisotopic (exact) mass is 430 g/mol. The molecule has 0 spiro atoms. The summed E-state index contributed by atoms with van der Waals surface area (Å²) >= 11 is 2.83. The van der Waals surface area contributed by atoms with Gasteiger partial charge in [-0.15, -0.1) is 21.5 Å². The molecule has 0 fully saturated rings. The molecule has 29 heavy (non-hydrogen) atoms. The molecule has 0 aliphatic carbocycles. The van der Waals surface area contributed by atoms with E-state index in [0.717, 1.165) is 22.7 Å². The number of rotatable bonds is 9. The van der Waals surface area contributed by atoms with Crippen LogP contribution in [-0.4, -0.2) is 26.8 Å². The quantitative estimate of drug-likeness (QED) is 0.500. The molecule has 0 saturated carbocycles. The smallest absolute Gasteiger partial charge is 0.277 e. The molecular formula is C21H26N4O2S2. The normalized spacial score (nSPS) is 12.3. The maximum Gasteiger partial charge on any atom is 0.277 e. The number of carbonyl (C=O) groups excluding carboxylic acids is 1. The highest BCUT2D eigenvalue weighted by atomic mass is 32.2. The van der Waals surface area contributed by atoms with E-state index in [4.69, 9.17) is 4.42 Å². The van der Waals surface area contributed by atoms with E-state index in [0.29, 0.717) is 23.5 Å². The van der Waals surface area contributed by atoms with Gasteiger partial charge in [-0.2, -0.15) is 0 Å². The minimum absolute atomic E-state index is 0.0534. The third-order valence-corrected chi connectivity index (χ3v) is 5.92. The van der Waals surface area contributed by atoms with E-state index in [9.17, 15) is 4.79 Å². The molecule has 0 aliphatic rings. The average molecular weight is 431 g/mol. The van der Waals surface area contributed by atoms with E-state index >= 15 is 0 Å². The highest BCUT2D eigenvalue weighted by Gasteiger charge is 2.14. The van der Waals surface area contributed by atoms with Crippen molar-refractivity contribution >= 4 is 29.0 Å². The van der Waals surface area contributed by atoms with Gasteiger partial charge in [0.15, 0.2) is 0 Å². The second-order valence-corrected chi connectivity index (χ2v) is 9.40. The molecule has 0 bridgehead atoms. The van der Waals surface area contributed by atoms with Crippen molar-refractivity contribution < 1.29 is 9.21 Å². The highest BCUT2D eigenvalue weighted by Crippen LogP contribution is 2.20. The zero-order chi connectivity index (χ0) is 20.8. The minimum Gasteiger partial charge on any atom is -0.416 e. The molecule has 0 saturated heterocycles. The first kappa shape index (κ1) is 21.5. The number of nitrogens with zero attached hydrogens (tertiary/aromatic N) is 3. The third-order valence-electron chi connectivity index (χ3n) is 4.28. The first-order valence-electron chi connectivity index (χ1n) is 9.63. The van der Waals surface area contributed by atoms with Crippen LogP contribution in [0, 0.1) is 12.8 Å². The lowest BCUT2D eigenvalue weighted by Gasteiger charge is -2.15. The van der Waals surface area contributed by atoms with Gasteiger partial charge in [0.1, 0.15) is 0 Å². The fourth-order valence-corrected chi connectivity index (χ4v) is 4.12. The molecule has 8 heteroatoms. The number of aromatic nitrogens is 3. The van der Waals surface area contributed by atoms with Gasteiger partial charge in [0.25, 0.3) is 5.22 Å². The molecule has 1 unspecified atom stereocenters. The van der Waals surface area contributed by atoms with Crippen LogP contribution in [0.2, 0.25) is 0 Å². The SMILES string of the molecule is Cc1nc(Cc2nnc(SCC(=O)NC(C)c3ccc(CC(C)C)cc3)o2)cs1. The van der Waals surface area contributed by atoms with Gasteiger partial charge in [0.05, 0.1) is 28.9 Å². The van der Waals surface area contributed by atoms with E-state index < -0.39 is 0 Å². The van der Waals surface area contributed by atoms with Crippen LogP contribution < -0.4 is 5.32 Å². The number of aryl methyl sites for hydroxylation is 1. The summed E-state index contributed by atoms with van der Waals surface area (Å²) in [6, 6.07) is 8.38. The maximum absolute atomic E-state index is 12.3. The topological polar surface area (TPSA) is 80.9 Å². The van der Waals surface area contributed by atoms with Gasteiger partial charge in [0.2, 0.25) is 11.8 Å². The Kier molecular flexibility index (Phi) is 7.44. The second-order valence-electron chi connectivity index (χ2n) is 7.41. The van der Waals surface area contributed by atoms with Crippen molar-refractivity contribution in [2.24, 2.45) is 5.92 Å². The predicted molar refractivity (Wildman–Crippen MR) is 116 cm³/mol. The number of thioether (sulfide) groups is 1. The summed E-state index contributed by atoms with van der Waals surface area (Å²) in [5.41, 5.74) is 3.33. The molecule has 3 rings (SSSR count). The van der Waals surface area contributed by atoms with E-state index in [1.165, 1.54) is 17.3 Å². The van der Waals surface area contributed by atoms with Crippen molar-refractivity contribution in [2.45, 2.75) is 51.8 Å². The van der Waals surface area contributed by atoms with E-state index in [1.54, 1.807) is 11.3 Å². The van der Waals surface area contributed by atoms with Gasteiger partial charge < -0.3 is 9.73 Å². The van der Waals surface area contributed by atoms with Crippen molar-refractivity contribution in [2.75, 3.05) is 5.75 Å². The molecule has 1 aromatic carbocycles. The van der Waals surface area contributed by atoms with Crippen LogP contribution in [-0.2, 0) is 17.6 Å². The zero-order valence-electron chi connectivity index (χ0n) is 17.1. The molecule has 6 nitrogen and oxygen atoms in total. The van der Waals surface area contributed by atoms with Gasteiger partial charge in [-0.1, -0.05) is 49.9 Å². The summed E-state index contributed by atoms with van der Waals surface area (Å²) < 4.78 is 5.61. The van der Waals surface area contributed by atoms with Crippen LogP contribution in [0.4, 0.5) is 0 Å². The highest BCUT2D eigenvalue weighted by molar-refractivity contribution is 7.99. The molecule has 3 aromatic rings. The predicted octanol–water partition coefficient (Wildman–Crippen LogP) is 4.59. The molecule has 0 aliphatic heterocycles. The summed E-state index contributed by atoms with van der Waals surface area (Å²) in [6.07, 6.45) is 1.57. The second kappa shape index (κ2) is 10.0. The summed E-state index contributed by atoms with van der Waals surface area (Å²) in [4.78, 5) is 16.7. The van der Waals surface area contributed by atoms with Crippen LogP contribution in [0.1, 0.15) is 54.5 Å². The van der Waals surface area contributed by atoms with Crippen molar-refractivity contribution in [3.8, 4) is 0 Å². The molecule has 0 radical (unpaired) electrons. The fraction of sp³-hybridized carbons (Fsp3) is 0.429. The van der Waals surface area contributed by atoms with Crippen LogP contribution in [0.3, 0.4) is 0 Å². The maximum atomic E-state index is 12.3. The first-order valence-corrected chi connectivity index (χ1v) is 11.5. The fourth-order valence-electron chi connectivity index (χ4n) is 2.92. The van der Waals surface area contributed by atoms with Crippen molar-refractivity contribution in [3.63, 3.8) is 0 Å². The average Bonchev–Trinajstić information content (AvgIpc) is 3.29. The Balaban J connectivity index is 1.45. The summed E-state index contributed by atoms with van der Waals surface area (Å²) in [7, 11) is 0. The van der Waals surface area contributed by atoms with Gasteiger partial charge in [0, 0.05) is 5.38 Å². The summed E-state index contributed by atoms with van der Waals surface area (Å²) in [6.45, 7) is 8.37. The van der Waals surface area contributed by atoms with Gasteiger partial charge in [-0.05, 0) is 37.3 Å². The van der Waals surface area contributed by atoms with Gasteiger partial charge >= 0.3 is 0 Å². The zero-order valence-corrected chi connectivity index (χ0v) is 18.8. The number of nitrogens with one attached hydrogen (secondary N) is 1. The van der Waals surface area contributed by atoms with Crippen LogP contribution in [0.5, 0.6) is 0 Å². The number of amides is 1. The molecular weight excluding hydrogens is 404 g/mol. The summed E-state index contributed by atoms with van der Waals surface area (Å²) in [5.74, 6) is 1.30. The number of hydrogen-bond acceptors (Lipinski definition) is 7. The lowest BCUT2D eigenvalue weighted by atomic mass is 10.00. The Labute approximate surface area is 179 Å². The van der Waals surface area contributed by atoms with Crippen molar-refractivity contribution in [3.05, 3.63) is 57.4 Å². The number of carbonyl (C=O) groups is 1. The number of hydrogen-bond donors (Lipinski definition) is 1. The Morgan fingerprint density at radius 2 is 1.97 bits per heavy atom. The Bertz CT molecular complexity index is 934. The van der Waals surface area contributed by atoms with E-state index in [-0.39, 0.29) is 17.7 Å². The Morgan fingerprint density at radius 3 is 2.62 bits per heavy atom. The van der Waals surface area contributed by atoms with Crippen LogP contribution >= 0.6 is 23.1 Å². The Hall–Kier alpha value is -2.19. The lowest BCUT2D eigenvalue weighted by molar-refractivity contribution is -0.119. The molecule has 1 amide bonds. The summed E-state index contributed by atoms with van der Waals surface area (Å²) in [5, 5.41) is 14.4. The molecule has 2 aromatic heterocycles. The van der Waals surface area contributed by atoms with Crippen LogP contribution in [0.25, 0.3) is 0 Å². The number of thiazole rings is 1.